The molecule has 5 nitrogen and oxygen atoms in total. The first kappa shape index (κ1) is 16.7. The third-order valence-electron chi connectivity index (χ3n) is 2.93. The van der Waals surface area contributed by atoms with Crippen LogP contribution < -0.4 is 0 Å². The molecule has 0 bridgehead atoms. The topological polar surface area (TPSA) is 63.7 Å². The Bertz CT molecular complexity index is 537. The van der Waals surface area contributed by atoms with Gasteiger partial charge in [0.05, 0.1) is 11.5 Å². The number of rotatable bonds is 7. The molecule has 0 aliphatic heterocycles. The van der Waals surface area contributed by atoms with Crippen LogP contribution in [0.25, 0.3) is 0 Å². The van der Waals surface area contributed by atoms with Crippen LogP contribution in [0.3, 0.4) is 0 Å². The Morgan fingerprint density at radius 2 is 1.75 bits per heavy atom. The van der Waals surface area contributed by atoms with E-state index in [0.29, 0.717) is 0 Å². The van der Waals surface area contributed by atoms with E-state index in [0.717, 1.165) is 16.3 Å². The maximum atomic E-state index is 12.4. The standard InChI is InChI=1S/C14H21NO4S/c1-4-12-7-9-13(10-8-12)20(17,18)15(5-2)11-14(16)19-6-3/h7-10H,4-6,11H2,1-3H3. The average Bonchev–Trinajstić information content (AvgIpc) is 2.45. The van der Waals surface area contributed by atoms with Gasteiger partial charge < -0.3 is 4.74 Å². The first-order valence-electron chi connectivity index (χ1n) is 6.70. The van der Waals surface area contributed by atoms with Gasteiger partial charge in [0.25, 0.3) is 0 Å². The number of sulfonamides is 1. The van der Waals surface area contributed by atoms with Crippen LogP contribution in [-0.2, 0) is 26.0 Å². The Morgan fingerprint density at radius 3 is 2.20 bits per heavy atom. The molecule has 20 heavy (non-hydrogen) atoms. The normalized spacial score (nSPS) is 11.6. The molecule has 0 N–H and O–H groups in total. The van der Waals surface area contributed by atoms with Crippen molar-refractivity contribution in [1.29, 1.82) is 0 Å². The molecule has 0 spiro atoms. The molecule has 6 heteroatoms. The molecule has 0 heterocycles. The van der Waals surface area contributed by atoms with Gasteiger partial charge in [-0.2, -0.15) is 4.31 Å². The Morgan fingerprint density at radius 1 is 1.15 bits per heavy atom. The summed E-state index contributed by atoms with van der Waals surface area (Å²) in [7, 11) is -3.66. The van der Waals surface area contributed by atoms with E-state index in [2.05, 4.69) is 0 Å². The number of likely N-dealkylation sites (N-methyl/N-ethyl adjacent to an activating group) is 1. The van der Waals surface area contributed by atoms with Crippen molar-refractivity contribution in [3.8, 4) is 0 Å². The third kappa shape index (κ3) is 4.05. The van der Waals surface area contributed by atoms with Gasteiger partial charge in [-0.15, -0.1) is 0 Å². The van der Waals surface area contributed by atoms with Gasteiger partial charge in [0.15, 0.2) is 0 Å². The summed E-state index contributed by atoms with van der Waals surface area (Å²) in [4.78, 5) is 11.7. The van der Waals surface area contributed by atoms with Gasteiger partial charge >= 0.3 is 5.97 Å². The van der Waals surface area contributed by atoms with Crippen LogP contribution in [0.5, 0.6) is 0 Å². The minimum atomic E-state index is -3.66. The van der Waals surface area contributed by atoms with E-state index >= 15 is 0 Å². The van der Waals surface area contributed by atoms with Gasteiger partial charge in [0, 0.05) is 6.54 Å². The number of aryl methyl sites for hydroxylation is 1. The minimum Gasteiger partial charge on any atom is -0.465 e. The van der Waals surface area contributed by atoms with Gasteiger partial charge in [-0.05, 0) is 31.0 Å². The van der Waals surface area contributed by atoms with Crippen LogP contribution in [0.1, 0.15) is 26.3 Å². The summed E-state index contributed by atoms with van der Waals surface area (Å²) in [5.41, 5.74) is 1.07. The molecule has 0 saturated carbocycles. The third-order valence-corrected chi connectivity index (χ3v) is 4.87. The van der Waals surface area contributed by atoms with Crippen LogP contribution in [0, 0.1) is 0 Å². The molecule has 0 aliphatic rings. The van der Waals surface area contributed by atoms with Gasteiger partial charge in [-0.1, -0.05) is 26.0 Å². The Labute approximate surface area is 120 Å². The molecule has 1 aromatic rings. The molecule has 0 fully saturated rings. The van der Waals surface area contributed by atoms with E-state index in [4.69, 9.17) is 4.74 Å². The minimum absolute atomic E-state index is 0.195. The summed E-state index contributed by atoms with van der Waals surface area (Å²) in [5, 5.41) is 0. The van der Waals surface area contributed by atoms with Crippen molar-refractivity contribution in [1.82, 2.24) is 4.31 Å². The molecule has 1 rings (SSSR count). The highest BCUT2D eigenvalue weighted by Gasteiger charge is 2.25. The summed E-state index contributed by atoms with van der Waals surface area (Å²) in [6.07, 6.45) is 0.848. The molecule has 0 saturated heterocycles. The number of carbonyl (C=O) groups is 1. The van der Waals surface area contributed by atoms with Crippen molar-refractivity contribution in [2.45, 2.75) is 32.1 Å². The second-order valence-corrected chi connectivity index (χ2v) is 6.17. The molecule has 1 aromatic carbocycles. The second kappa shape index (κ2) is 7.40. The number of hydrogen-bond donors (Lipinski definition) is 0. The zero-order valence-electron chi connectivity index (χ0n) is 12.1. The summed E-state index contributed by atoms with van der Waals surface area (Å²) >= 11 is 0. The lowest BCUT2D eigenvalue weighted by molar-refractivity contribution is -0.143. The van der Waals surface area contributed by atoms with Crippen LogP contribution >= 0.6 is 0 Å². The largest absolute Gasteiger partial charge is 0.465 e. The van der Waals surface area contributed by atoms with Crippen LogP contribution in [0.15, 0.2) is 29.2 Å². The molecule has 112 valence electrons. The highest BCUT2D eigenvalue weighted by molar-refractivity contribution is 7.89. The second-order valence-electron chi connectivity index (χ2n) is 4.23. The van der Waals surface area contributed by atoms with Crippen LogP contribution in [-0.4, -0.2) is 38.4 Å². The number of esters is 1. The highest BCUT2D eigenvalue weighted by Crippen LogP contribution is 2.16. The number of benzene rings is 1. The lowest BCUT2D eigenvalue weighted by Gasteiger charge is -2.19. The maximum absolute atomic E-state index is 12.4. The van der Waals surface area contributed by atoms with Gasteiger partial charge in [-0.3, -0.25) is 4.79 Å². The fraction of sp³-hybridized carbons (Fsp3) is 0.500. The van der Waals surface area contributed by atoms with Crippen molar-refractivity contribution in [2.75, 3.05) is 19.7 Å². The predicted molar refractivity (Wildman–Crippen MR) is 76.9 cm³/mol. The SMILES string of the molecule is CCOC(=O)CN(CC)S(=O)(=O)c1ccc(CC)cc1. The number of ether oxygens (including phenoxy) is 1. The Hall–Kier alpha value is -1.40. The number of hydrogen-bond acceptors (Lipinski definition) is 4. The number of carbonyl (C=O) groups excluding carboxylic acids is 1. The summed E-state index contributed by atoms with van der Waals surface area (Å²) in [6, 6.07) is 6.71. The first-order valence-corrected chi connectivity index (χ1v) is 8.14. The molecule has 0 atom stereocenters. The fourth-order valence-electron chi connectivity index (χ4n) is 1.76. The van der Waals surface area contributed by atoms with E-state index < -0.39 is 16.0 Å². The lowest BCUT2D eigenvalue weighted by atomic mass is 10.2. The van der Waals surface area contributed by atoms with Crippen molar-refractivity contribution in [2.24, 2.45) is 0 Å². The summed E-state index contributed by atoms with van der Waals surface area (Å²) in [6.45, 7) is 5.58. The first-order chi connectivity index (χ1) is 9.45. The zero-order valence-corrected chi connectivity index (χ0v) is 12.9. The fourth-order valence-corrected chi connectivity index (χ4v) is 3.16. The van der Waals surface area contributed by atoms with E-state index in [9.17, 15) is 13.2 Å². The molecule has 0 amide bonds. The average molecular weight is 299 g/mol. The van der Waals surface area contributed by atoms with Crippen molar-refractivity contribution >= 4 is 16.0 Å². The quantitative estimate of drug-likeness (QED) is 0.721. The maximum Gasteiger partial charge on any atom is 0.321 e. The Kier molecular flexibility index (Phi) is 6.16. The molecule has 0 radical (unpaired) electrons. The molecular weight excluding hydrogens is 278 g/mol. The zero-order chi connectivity index (χ0) is 15.2. The molecular formula is C14H21NO4S. The Balaban J connectivity index is 2.95. The van der Waals surface area contributed by atoms with E-state index in [1.807, 2.05) is 6.92 Å². The summed E-state index contributed by atoms with van der Waals surface area (Å²) < 4.78 is 30.8. The van der Waals surface area contributed by atoms with E-state index in [1.54, 1.807) is 38.1 Å². The molecule has 0 unspecified atom stereocenters. The number of nitrogens with zero attached hydrogens (tertiary/aromatic N) is 1. The van der Waals surface area contributed by atoms with Crippen molar-refractivity contribution in [3.63, 3.8) is 0 Å². The monoisotopic (exact) mass is 299 g/mol. The van der Waals surface area contributed by atoms with Crippen molar-refractivity contribution < 1.29 is 17.9 Å². The predicted octanol–water partition coefficient (Wildman–Crippen LogP) is 1.82. The lowest BCUT2D eigenvalue weighted by Crippen LogP contribution is -2.36. The molecule has 0 aromatic heterocycles. The van der Waals surface area contributed by atoms with E-state index in [1.165, 1.54) is 0 Å². The summed E-state index contributed by atoms with van der Waals surface area (Å²) in [5.74, 6) is -0.539. The van der Waals surface area contributed by atoms with E-state index in [-0.39, 0.29) is 24.6 Å². The van der Waals surface area contributed by atoms with Gasteiger partial charge in [0.2, 0.25) is 10.0 Å². The van der Waals surface area contributed by atoms with Crippen LogP contribution in [0.2, 0.25) is 0 Å². The smallest absolute Gasteiger partial charge is 0.321 e. The van der Waals surface area contributed by atoms with Gasteiger partial charge in [-0.25, -0.2) is 8.42 Å². The highest BCUT2D eigenvalue weighted by atomic mass is 32.2. The van der Waals surface area contributed by atoms with Gasteiger partial charge in [0.1, 0.15) is 6.54 Å². The van der Waals surface area contributed by atoms with Crippen LogP contribution in [0.4, 0.5) is 0 Å². The molecule has 0 aliphatic carbocycles. The van der Waals surface area contributed by atoms with Crippen molar-refractivity contribution in [3.05, 3.63) is 29.8 Å².